The molecule has 0 spiro atoms. The Labute approximate surface area is 84.7 Å². The average molecular weight is 244 g/mol. The van der Waals surface area contributed by atoms with E-state index >= 15 is 0 Å². The first kappa shape index (κ1) is 10.1. The molecule has 0 unspecified atom stereocenters. The lowest BCUT2D eigenvalue weighted by Gasteiger charge is -2.03. The van der Waals surface area contributed by atoms with E-state index in [1.165, 1.54) is 0 Å². The third-order valence-electron chi connectivity index (χ3n) is 1.38. The molecule has 5 heteroatoms. The Kier molecular flexibility index (Phi) is 3.85. The van der Waals surface area contributed by atoms with Gasteiger partial charge in [-0.05, 0) is 28.1 Å². The van der Waals surface area contributed by atoms with Crippen molar-refractivity contribution in [3.05, 3.63) is 22.9 Å². The number of carbonyl (C=O) groups is 1. The van der Waals surface area contributed by atoms with Crippen LogP contribution >= 0.6 is 15.9 Å². The van der Waals surface area contributed by atoms with Crippen LogP contribution in [0.3, 0.4) is 0 Å². The second-order valence-electron chi connectivity index (χ2n) is 2.45. The molecule has 13 heavy (non-hydrogen) atoms. The van der Waals surface area contributed by atoms with Crippen LogP contribution in [0.5, 0.6) is 0 Å². The highest BCUT2D eigenvalue weighted by Gasteiger charge is 2.00. The topological polar surface area (TPSA) is 68.0 Å². The van der Waals surface area contributed by atoms with Crippen molar-refractivity contribution in [2.45, 2.75) is 6.42 Å². The first-order chi connectivity index (χ1) is 6.22. The van der Waals surface area contributed by atoms with E-state index in [0.29, 0.717) is 17.6 Å². The second kappa shape index (κ2) is 4.94. The summed E-state index contributed by atoms with van der Waals surface area (Å²) < 4.78 is 0.693. The lowest BCUT2D eigenvalue weighted by Crippen LogP contribution is -2.16. The molecule has 0 atom stereocenters. The Morgan fingerprint density at radius 2 is 2.46 bits per heavy atom. The van der Waals surface area contributed by atoms with Gasteiger partial charge in [-0.3, -0.25) is 4.79 Å². The van der Waals surface area contributed by atoms with E-state index in [2.05, 4.69) is 26.2 Å². The number of aromatic nitrogens is 1. The number of hydrogen-bond donors (Lipinski definition) is 2. The molecule has 4 nitrogen and oxygen atoms in total. The Morgan fingerprint density at radius 3 is 3.08 bits per heavy atom. The average Bonchev–Trinajstić information content (AvgIpc) is 2.04. The smallest absolute Gasteiger partial charge is 0.225 e. The molecule has 0 aromatic carbocycles. The van der Waals surface area contributed by atoms with Gasteiger partial charge in [0.05, 0.1) is 0 Å². The number of amides is 1. The minimum absolute atomic E-state index is 0.0828. The van der Waals surface area contributed by atoms with Gasteiger partial charge in [-0.15, -0.1) is 0 Å². The van der Waals surface area contributed by atoms with Crippen molar-refractivity contribution in [2.24, 2.45) is 5.73 Å². The molecular weight excluding hydrogens is 234 g/mol. The van der Waals surface area contributed by atoms with E-state index in [9.17, 15) is 4.79 Å². The summed E-state index contributed by atoms with van der Waals surface area (Å²) in [4.78, 5) is 15.0. The van der Waals surface area contributed by atoms with Crippen molar-refractivity contribution < 1.29 is 4.79 Å². The zero-order valence-electron chi connectivity index (χ0n) is 6.96. The van der Waals surface area contributed by atoms with Crippen LogP contribution in [-0.2, 0) is 4.79 Å². The number of halogens is 1. The second-order valence-corrected chi connectivity index (χ2v) is 3.27. The van der Waals surface area contributed by atoms with Crippen molar-refractivity contribution in [3.8, 4) is 0 Å². The van der Waals surface area contributed by atoms with Crippen LogP contribution in [0.4, 0.5) is 5.69 Å². The van der Waals surface area contributed by atoms with Crippen LogP contribution in [-0.4, -0.2) is 17.4 Å². The van der Waals surface area contributed by atoms with E-state index in [1.54, 1.807) is 18.3 Å². The van der Waals surface area contributed by atoms with E-state index in [0.717, 1.165) is 5.69 Å². The van der Waals surface area contributed by atoms with E-state index in [4.69, 9.17) is 5.73 Å². The molecule has 0 radical (unpaired) electrons. The van der Waals surface area contributed by atoms with Crippen molar-refractivity contribution >= 4 is 27.5 Å². The molecule has 1 aromatic rings. The third kappa shape index (κ3) is 3.52. The quantitative estimate of drug-likeness (QED) is 0.783. The van der Waals surface area contributed by atoms with Crippen LogP contribution in [0.1, 0.15) is 6.42 Å². The molecule has 0 aliphatic rings. The minimum Gasteiger partial charge on any atom is -0.330 e. The standard InChI is InChI=1S/C8H10BrN3O/c9-7-5-6(2-4-11-7)12-8(13)1-3-10/h2,4-5H,1,3,10H2,(H,11,12,13). The predicted molar refractivity (Wildman–Crippen MR) is 54.2 cm³/mol. The van der Waals surface area contributed by atoms with Gasteiger partial charge in [-0.25, -0.2) is 4.98 Å². The maximum Gasteiger partial charge on any atom is 0.225 e. The molecule has 1 aromatic heterocycles. The molecule has 0 saturated carbocycles. The van der Waals surface area contributed by atoms with Gasteiger partial charge in [-0.1, -0.05) is 0 Å². The van der Waals surface area contributed by atoms with Crippen molar-refractivity contribution in [1.82, 2.24) is 4.98 Å². The molecule has 0 aliphatic carbocycles. The molecule has 0 bridgehead atoms. The number of rotatable bonds is 3. The highest BCUT2D eigenvalue weighted by atomic mass is 79.9. The van der Waals surface area contributed by atoms with Crippen LogP contribution in [0.15, 0.2) is 22.9 Å². The Balaban J connectivity index is 2.58. The van der Waals surface area contributed by atoms with E-state index in [-0.39, 0.29) is 5.91 Å². The normalized spacial score (nSPS) is 9.69. The van der Waals surface area contributed by atoms with Gasteiger partial charge in [0.25, 0.3) is 0 Å². The molecule has 1 heterocycles. The summed E-state index contributed by atoms with van der Waals surface area (Å²) in [6.07, 6.45) is 1.95. The van der Waals surface area contributed by atoms with Gasteiger partial charge in [0.1, 0.15) is 4.60 Å². The Morgan fingerprint density at radius 1 is 1.69 bits per heavy atom. The lowest BCUT2D eigenvalue weighted by molar-refractivity contribution is -0.116. The maximum atomic E-state index is 11.1. The van der Waals surface area contributed by atoms with Gasteiger partial charge >= 0.3 is 0 Å². The lowest BCUT2D eigenvalue weighted by atomic mass is 10.3. The van der Waals surface area contributed by atoms with Gasteiger partial charge in [0.2, 0.25) is 5.91 Å². The van der Waals surface area contributed by atoms with Gasteiger partial charge in [-0.2, -0.15) is 0 Å². The third-order valence-corrected chi connectivity index (χ3v) is 1.82. The van der Waals surface area contributed by atoms with Gasteiger partial charge < -0.3 is 11.1 Å². The number of anilines is 1. The van der Waals surface area contributed by atoms with E-state index < -0.39 is 0 Å². The zero-order valence-corrected chi connectivity index (χ0v) is 8.54. The molecule has 3 N–H and O–H groups in total. The summed E-state index contributed by atoms with van der Waals surface area (Å²) >= 11 is 3.20. The molecule has 1 rings (SSSR count). The van der Waals surface area contributed by atoms with Crippen molar-refractivity contribution in [3.63, 3.8) is 0 Å². The minimum atomic E-state index is -0.0828. The van der Waals surface area contributed by atoms with Gasteiger partial charge in [0.15, 0.2) is 0 Å². The largest absolute Gasteiger partial charge is 0.330 e. The molecule has 1 amide bonds. The predicted octanol–water partition coefficient (Wildman–Crippen LogP) is 1.13. The van der Waals surface area contributed by atoms with Crippen LogP contribution in [0, 0.1) is 0 Å². The fourth-order valence-corrected chi connectivity index (χ4v) is 1.20. The molecule has 0 fully saturated rings. The monoisotopic (exact) mass is 243 g/mol. The van der Waals surface area contributed by atoms with Crippen molar-refractivity contribution in [2.75, 3.05) is 11.9 Å². The zero-order chi connectivity index (χ0) is 9.68. The molecule has 70 valence electrons. The number of pyridine rings is 1. The molecule has 0 aliphatic heterocycles. The fourth-order valence-electron chi connectivity index (χ4n) is 0.835. The van der Waals surface area contributed by atoms with Crippen LogP contribution in [0.2, 0.25) is 0 Å². The Bertz CT molecular complexity index is 303. The SMILES string of the molecule is NCCC(=O)Nc1ccnc(Br)c1. The number of nitrogens with two attached hydrogens (primary N) is 1. The summed E-state index contributed by atoms with van der Waals surface area (Å²) in [6.45, 7) is 0.359. The fraction of sp³-hybridized carbons (Fsp3) is 0.250. The summed E-state index contributed by atoms with van der Waals surface area (Å²) in [5, 5.41) is 2.69. The number of nitrogens with one attached hydrogen (secondary N) is 1. The highest BCUT2D eigenvalue weighted by Crippen LogP contribution is 2.12. The summed E-state index contributed by atoms with van der Waals surface area (Å²) in [7, 11) is 0. The van der Waals surface area contributed by atoms with Crippen LogP contribution < -0.4 is 11.1 Å². The first-order valence-electron chi connectivity index (χ1n) is 3.84. The summed E-state index contributed by atoms with van der Waals surface area (Å²) in [5.41, 5.74) is 5.95. The Hall–Kier alpha value is -0.940. The summed E-state index contributed by atoms with van der Waals surface area (Å²) in [5.74, 6) is -0.0828. The van der Waals surface area contributed by atoms with E-state index in [1.807, 2.05) is 0 Å². The number of hydrogen-bond acceptors (Lipinski definition) is 3. The maximum absolute atomic E-state index is 11.1. The van der Waals surface area contributed by atoms with Crippen LogP contribution in [0.25, 0.3) is 0 Å². The first-order valence-corrected chi connectivity index (χ1v) is 4.63. The number of nitrogens with zero attached hydrogens (tertiary/aromatic N) is 1. The highest BCUT2D eigenvalue weighted by molar-refractivity contribution is 9.10. The van der Waals surface area contributed by atoms with Crippen molar-refractivity contribution in [1.29, 1.82) is 0 Å². The number of carbonyl (C=O) groups excluding carboxylic acids is 1. The van der Waals surface area contributed by atoms with Gasteiger partial charge in [0, 0.05) is 24.8 Å². The molecular formula is C8H10BrN3O. The molecule has 0 saturated heterocycles. The summed E-state index contributed by atoms with van der Waals surface area (Å²) in [6, 6.07) is 3.45.